The van der Waals surface area contributed by atoms with Crippen molar-refractivity contribution in [2.24, 2.45) is 5.92 Å². The highest BCUT2D eigenvalue weighted by Gasteiger charge is 2.31. The van der Waals surface area contributed by atoms with Gasteiger partial charge in [-0.25, -0.2) is 4.79 Å². The number of allylic oxidation sites excluding steroid dienone is 3. The molecule has 0 amide bonds. The van der Waals surface area contributed by atoms with Gasteiger partial charge in [-0.3, -0.25) is 0 Å². The van der Waals surface area contributed by atoms with Crippen LogP contribution in [-0.2, 0) is 9.53 Å². The molecule has 0 aromatic rings. The van der Waals surface area contributed by atoms with E-state index in [1.54, 1.807) is 0 Å². The molecule has 1 aliphatic heterocycles. The summed E-state index contributed by atoms with van der Waals surface area (Å²) >= 11 is 5.21. The van der Waals surface area contributed by atoms with E-state index in [4.69, 9.17) is 17.0 Å². The van der Waals surface area contributed by atoms with Crippen molar-refractivity contribution in [2.45, 2.75) is 39.2 Å². The van der Waals surface area contributed by atoms with Crippen LogP contribution in [0.15, 0.2) is 23.4 Å². The average molecular weight is 280 g/mol. The Balaban J connectivity index is 2.33. The van der Waals surface area contributed by atoms with Gasteiger partial charge in [0.15, 0.2) is 5.11 Å². The summed E-state index contributed by atoms with van der Waals surface area (Å²) in [5.41, 5.74) is 1.63. The molecule has 0 saturated carbocycles. The van der Waals surface area contributed by atoms with E-state index >= 15 is 0 Å². The maximum Gasteiger partial charge on any atom is 0.337 e. The summed E-state index contributed by atoms with van der Waals surface area (Å²) < 4.78 is 5.17. The molecule has 1 aliphatic carbocycles. The molecule has 0 spiro atoms. The molecule has 2 rings (SSSR count). The predicted octanol–water partition coefficient (Wildman–Crippen LogP) is 2.03. The van der Waals surface area contributed by atoms with Crippen molar-refractivity contribution in [2.75, 3.05) is 6.61 Å². The Kier molecular flexibility index (Phi) is 4.58. The zero-order valence-electron chi connectivity index (χ0n) is 11.4. The third kappa shape index (κ3) is 3.15. The minimum absolute atomic E-state index is 0.103. The van der Waals surface area contributed by atoms with Gasteiger partial charge >= 0.3 is 5.97 Å². The molecular weight excluding hydrogens is 260 g/mol. The lowest BCUT2D eigenvalue weighted by molar-refractivity contribution is -0.139. The van der Waals surface area contributed by atoms with Crippen molar-refractivity contribution in [1.29, 1.82) is 0 Å². The summed E-state index contributed by atoms with van der Waals surface area (Å²) in [5, 5.41) is 6.84. The molecule has 0 saturated heterocycles. The van der Waals surface area contributed by atoms with Crippen LogP contribution in [0.3, 0.4) is 0 Å². The number of esters is 1. The first-order chi connectivity index (χ1) is 9.13. The largest absolute Gasteiger partial charge is 0.463 e. The average Bonchev–Trinajstić information content (AvgIpc) is 2.39. The molecular formula is C14H20N2O2S. The molecule has 19 heavy (non-hydrogen) atoms. The highest BCUT2D eigenvalue weighted by atomic mass is 32.1. The lowest BCUT2D eigenvalue weighted by Crippen LogP contribution is -2.50. The first kappa shape index (κ1) is 14.1. The van der Waals surface area contributed by atoms with E-state index in [1.807, 2.05) is 13.8 Å². The Morgan fingerprint density at radius 3 is 2.95 bits per heavy atom. The molecule has 0 fully saturated rings. The Hall–Kier alpha value is -1.36. The summed E-state index contributed by atoms with van der Waals surface area (Å²) in [6.45, 7) is 4.15. The van der Waals surface area contributed by atoms with E-state index in [2.05, 4.69) is 22.8 Å². The van der Waals surface area contributed by atoms with Crippen molar-refractivity contribution < 1.29 is 9.53 Å². The van der Waals surface area contributed by atoms with Crippen molar-refractivity contribution in [1.82, 2.24) is 10.6 Å². The van der Waals surface area contributed by atoms with E-state index in [-0.39, 0.29) is 12.0 Å². The van der Waals surface area contributed by atoms with Crippen molar-refractivity contribution in [3.63, 3.8) is 0 Å². The smallest absolute Gasteiger partial charge is 0.337 e. The van der Waals surface area contributed by atoms with Crippen molar-refractivity contribution >= 4 is 23.3 Å². The van der Waals surface area contributed by atoms with Gasteiger partial charge in [0.05, 0.1) is 18.2 Å². The molecule has 1 heterocycles. The lowest BCUT2D eigenvalue weighted by Gasteiger charge is -2.33. The second-order valence-electron chi connectivity index (χ2n) is 4.85. The number of nitrogens with one attached hydrogen (secondary N) is 2. The molecule has 5 heteroatoms. The van der Waals surface area contributed by atoms with Gasteiger partial charge in [0, 0.05) is 11.6 Å². The van der Waals surface area contributed by atoms with E-state index in [1.165, 1.54) is 0 Å². The van der Waals surface area contributed by atoms with Gasteiger partial charge in [-0.05, 0) is 45.3 Å². The van der Waals surface area contributed by atoms with Crippen LogP contribution in [-0.4, -0.2) is 23.7 Å². The highest BCUT2D eigenvalue weighted by molar-refractivity contribution is 7.80. The predicted molar refractivity (Wildman–Crippen MR) is 78.5 cm³/mol. The Morgan fingerprint density at radius 1 is 1.53 bits per heavy atom. The lowest BCUT2D eigenvalue weighted by atomic mass is 9.86. The molecule has 2 aliphatic rings. The minimum atomic E-state index is -0.248. The van der Waals surface area contributed by atoms with Crippen LogP contribution < -0.4 is 10.6 Å². The van der Waals surface area contributed by atoms with Crippen molar-refractivity contribution in [3.8, 4) is 0 Å². The number of rotatable bonds is 3. The molecule has 0 aromatic heterocycles. The Labute approximate surface area is 119 Å². The van der Waals surface area contributed by atoms with Crippen molar-refractivity contribution in [3.05, 3.63) is 23.4 Å². The Morgan fingerprint density at radius 2 is 2.32 bits per heavy atom. The van der Waals surface area contributed by atoms with Crippen LogP contribution >= 0.6 is 12.2 Å². The summed E-state index contributed by atoms with van der Waals surface area (Å²) in [6.07, 6.45) is 7.38. The summed E-state index contributed by atoms with van der Waals surface area (Å²) in [6, 6.07) is -0.103. The van der Waals surface area contributed by atoms with Crippen LogP contribution in [0, 0.1) is 5.92 Å². The van der Waals surface area contributed by atoms with Crippen LogP contribution in [0.4, 0.5) is 0 Å². The minimum Gasteiger partial charge on any atom is -0.463 e. The monoisotopic (exact) mass is 280 g/mol. The second-order valence-corrected chi connectivity index (χ2v) is 5.26. The normalized spacial score (nSPS) is 26.7. The van der Waals surface area contributed by atoms with E-state index < -0.39 is 0 Å². The molecule has 0 radical (unpaired) electrons. The molecule has 2 atom stereocenters. The molecule has 0 unspecified atom stereocenters. The fourth-order valence-electron chi connectivity index (χ4n) is 2.60. The molecule has 2 N–H and O–H groups in total. The van der Waals surface area contributed by atoms with Crippen LogP contribution in [0.2, 0.25) is 0 Å². The molecule has 4 nitrogen and oxygen atoms in total. The summed E-state index contributed by atoms with van der Waals surface area (Å²) in [7, 11) is 0. The first-order valence-electron chi connectivity index (χ1n) is 6.77. The molecule has 104 valence electrons. The second kappa shape index (κ2) is 6.19. The van der Waals surface area contributed by atoms with Gasteiger partial charge in [0.1, 0.15) is 0 Å². The van der Waals surface area contributed by atoms with Crippen LogP contribution in [0.25, 0.3) is 0 Å². The molecule has 0 aromatic carbocycles. The number of ether oxygens (including phenoxy) is 1. The van der Waals surface area contributed by atoms with Gasteiger partial charge in [0.2, 0.25) is 0 Å². The fraction of sp³-hybridized carbons (Fsp3) is 0.571. The Bertz CT molecular complexity index is 443. The maximum absolute atomic E-state index is 12.1. The SMILES string of the molecule is CCOC(=O)C1=C([C@H]2CC=CCC2)NC(=S)N[C@@H]1C. The highest BCUT2D eigenvalue weighted by Crippen LogP contribution is 2.29. The standard InChI is InChI=1S/C14H20N2O2S/c1-3-18-13(17)11-9(2)15-14(19)16-12(11)10-7-5-4-6-8-10/h4-5,9-10H,3,6-8H2,1-2H3,(H2,15,16,19)/t9-,10+/m1/s1. The third-order valence-corrected chi connectivity index (χ3v) is 3.71. The quantitative estimate of drug-likeness (QED) is 0.470. The first-order valence-corrected chi connectivity index (χ1v) is 7.18. The van der Waals surface area contributed by atoms with Gasteiger partial charge in [-0.1, -0.05) is 12.2 Å². The fourth-order valence-corrected chi connectivity index (χ4v) is 2.89. The van der Waals surface area contributed by atoms with Gasteiger partial charge in [0.25, 0.3) is 0 Å². The topological polar surface area (TPSA) is 50.4 Å². The summed E-state index contributed by atoms with van der Waals surface area (Å²) in [4.78, 5) is 12.1. The van der Waals surface area contributed by atoms with E-state index in [0.717, 1.165) is 25.0 Å². The van der Waals surface area contributed by atoms with E-state index in [9.17, 15) is 4.79 Å². The number of hydrogen-bond donors (Lipinski definition) is 2. The van der Waals surface area contributed by atoms with Crippen LogP contribution in [0.5, 0.6) is 0 Å². The maximum atomic E-state index is 12.1. The number of thiocarbonyl (C=S) groups is 1. The summed E-state index contributed by atoms with van der Waals surface area (Å²) in [5.74, 6) is 0.0777. The van der Waals surface area contributed by atoms with E-state index in [0.29, 0.717) is 23.2 Å². The molecule has 0 bridgehead atoms. The zero-order chi connectivity index (χ0) is 13.8. The van der Waals surface area contributed by atoms with Gasteiger partial charge < -0.3 is 15.4 Å². The number of carbonyl (C=O) groups is 1. The number of hydrogen-bond acceptors (Lipinski definition) is 3. The van der Waals surface area contributed by atoms with Gasteiger partial charge in [-0.2, -0.15) is 0 Å². The third-order valence-electron chi connectivity index (χ3n) is 3.49. The zero-order valence-corrected chi connectivity index (χ0v) is 12.2. The number of carbonyl (C=O) groups excluding carboxylic acids is 1. The van der Waals surface area contributed by atoms with Gasteiger partial charge in [-0.15, -0.1) is 0 Å². The van der Waals surface area contributed by atoms with Crippen LogP contribution in [0.1, 0.15) is 33.1 Å².